The smallest absolute Gasteiger partial charge is 0.248 e. The van der Waals surface area contributed by atoms with Crippen molar-refractivity contribution in [1.29, 1.82) is 0 Å². The predicted octanol–water partition coefficient (Wildman–Crippen LogP) is 1.73. The van der Waals surface area contributed by atoms with Gasteiger partial charge in [-0.2, -0.15) is 0 Å². The average molecular weight is 219 g/mol. The summed E-state index contributed by atoms with van der Waals surface area (Å²) >= 11 is 0. The zero-order valence-corrected chi connectivity index (χ0v) is 9.26. The zero-order valence-electron chi connectivity index (χ0n) is 9.26. The fourth-order valence-electron chi connectivity index (χ4n) is 1.77. The Morgan fingerprint density at radius 2 is 2.27 bits per heavy atom. The third-order valence-corrected chi connectivity index (χ3v) is 2.46. The largest absolute Gasteiger partial charge is 0.370 e. The minimum atomic E-state index is -2.49. The molecule has 1 fully saturated rings. The Labute approximate surface area is 89.1 Å². The molecule has 0 radical (unpaired) electrons. The van der Waals surface area contributed by atoms with Crippen LogP contribution in [0.5, 0.6) is 0 Å². The highest BCUT2D eigenvalue weighted by atomic mass is 19.3. The minimum Gasteiger partial charge on any atom is -0.370 e. The van der Waals surface area contributed by atoms with Gasteiger partial charge in [-0.15, -0.1) is 0 Å². The van der Waals surface area contributed by atoms with Gasteiger partial charge >= 0.3 is 0 Å². The summed E-state index contributed by atoms with van der Waals surface area (Å²) in [6, 6.07) is 0.221. The van der Waals surface area contributed by atoms with Crippen LogP contribution in [0.25, 0.3) is 0 Å². The monoisotopic (exact) mass is 219 g/mol. The molecule has 0 bridgehead atoms. The number of hydrogen-bond donors (Lipinski definition) is 2. The van der Waals surface area contributed by atoms with Crippen molar-refractivity contribution in [1.82, 2.24) is 5.32 Å². The molecule has 1 aliphatic carbocycles. The number of rotatable bonds is 3. The summed E-state index contributed by atoms with van der Waals surface area (Å²) in [7, 11) is 0. The van der Waals surface area contributed by atoms with Crippen LogP contribution in [0.15, 0.2) is 4.99 Å². The van der Waals surface area contributed by atoms with Crippen LogP contribution in [0.2, 0.25) is 0 Å². The first-order valence-electron chi connectivity index (χ1n) is 5.33. The summed E-state index contributed by atoms with van der Waals surface area (Å²) in [5, 5.41) is 2.93. The van der Waals surface area contributed by atoms with Crippen molar-refractivity contribution in [3.8, 4) is 0 Å². The van der Waals surface area contributed by atoms with Crippen LogP contribution in [0, 0.1) is 5.92 Å². The topological polar surface area (TPSA) is 50.4 Å². The average Bonchev–Trinajstić information content (AvgIpc) is 2.41. The van der Waals surface area contributed by atoms with Gasteiger partial charge in [-0.1, -0.05) is 0 Å². The molecule has 1 aliphatic rings. The third-order valence-electron chi connectivity index (χ3n) is 2.46. The lowest BCUT2D eigenvalue weighted by Crippen LogP contribution is -2.37. The van der Waals surface area contributed by atoms with Crippen molar-refractivity contribution in [3.63, 3.8) is 0 Å². The molecule has 0 spiro atoms. The Morgan fingerprint density at radius 3 is 2.73 bits per heavy atom. The van der Waals surface area contributed by atoms with E-state index in [1.807, 2.05) is 13.8 Å². The second-order valence-electron chi connectivity index (χ2n) is 4.49. The van der Waals surface area contributed by atoms with E-state index in [-0.39, 0.29) is 24.8 Å². The molecule has 0 aromatic carbocycles. The number of hydrogen-bond acceptors (Lipinski definition) is 1. The Kier molecular flexibility index (Phi) is 3.88. The van der Waals surface area contributed by atoms with E-state index in [1.54, 1.807) is 0 Å². The number of alkyl halides is 2. The number of halogens is 2. The minimum absolute atomic E-state index is 0.00923. The van der Waals surface area contributed by atoms with Gasteiger partial charge in [-0.25, -0.2) is 8.78 Å². The maximum Gasteiger partial charge on any atom is 0.248 e. The van der Waals surface area contributed by atoms with Crippen LogP contribution in [-0.4, -0.2) is 24.5 Å². The van der Waals surface area contributed by atoms with Crippen LogP contribution in [0.4, 0.5) is 8.78 Å². The molecule has 1 saturated carbocycles. The Morgan fingerprint density at radius 1 is 1.60 bits per heavy atom. The van der Waals surface area contributed by atoms with Gasteiger partial charge in [0.1, 0.15) is 0 Å². The molecule has 0 heterocycles. The maximum atomic E-state index is 12.8. The molecule has 1 rings (SSSR count). The fourth-order valence-corrected chi connectivity index (χ4v) is 1.77. The molecule has 0 aliphatic heterocycles. The Bertz CT molecular complexity index is 239. The van der Waals surface area contributed by atoms with E-state index >= 15 is 0 Å². The quantitative estimate of drug-likeness (QED) is 0.561. The summed E-state index contributed by atoms with van der Waals surface area (Å²) in [4.78, 5) is 4.06. The van der Waals surface area contributed by atoms with Crippen LogP contribution in [0.3, 0.4) is 0 Å². The van der Waals surface area contributed by atoms with Crippen molar-refractivity contribution in [2.45, 2.75) is 45.1 Å². The molecule has 0 amide bonds. The van der Waals surface area contributed by atoms with Crippen molar-refractivity contribution < 1.29 is 8.78 Å². The maximum absolute atomic E-state index is 12.8. The van der Waals surface area contributed by atoms with E-state index in [0.717, 1.165) is 0 Å². The van der Waals surface area contributed by atoms with Crippen molar-refractivity contribution in [2.75, 3.05) is 6.54 Å². The van der Waals surface area contributed by atoms with Crippen molar-refractivity contribution in [3.05, 3.63) is 0 Å². The van der Waals surface area contributed by atoms with Gasteiger partial charge in [0.15, 0.2) is 5.96 Å². The molecule has 5 heteroatoms. The Hall–Kier alpha value is -0.870. The molecule has 0 saturated heterocycles. The lowest BCUT2D eigenvalue weighted by Gasteiger charge is -2.11. The second kappa shape index (κ2) is 4.77. The first-order valence-corrected chi connectivity index (χ1v) is 5.33. The number of nitrogens with one attached hydrogen (secondary N) is 1. The first-order chi connectivity index (χ1) is 6.89. The predicted molar refractivity (Wildman–Crippen MR) is 57.0 cm³/mol. The second-order valence-corrected chi connectivity index (χ2v) is 4.49. The number of nitrogens with zero attached hydrogens (tertiary/aromatic N) is 1. The molecule has 3 nitrogen and oxygen atoms in total. The van der Waals surface area contributed by atoms with E-state index in [0.29, 0.717) is 18.9 Å². The van der Waals surface area contributed by atoms with E-state index in [9.17, 15) is 8.78 Å². The highest BCUT2D eigenvalue weighted by Crippen LogP contribution is 2.38. The lowest BCUT2D eigenvalue weighted by molar-refractivity contribution is 0.00542. The van der Waals surface area contributed by atoms with Crippen LogP contribution < -0.4 is 11.1 Å². The number of aliphatic imine (C=N–C) groups is 1. The van der Waals surface area contributed by atoms with Gasteiger partial charge in [0.25, 0.3) is 0 Å². The lowest BCUT2D eigenvalue weighted by atomic mass is 10.1. The van der Waals surface area contributed by atoms with Crippen LogP contribution in [-0.2, 0) is 0 Å². The highest BCUT2D eigenvalue weighted by molar-refractivity contribution is 5.78. The van der Waals surface area contributed by atoms with Gasteiger partial charge in [0.05, 0.1) is 0 Å². The van der Waals surface area contributed by atoms with Gasteiger partial charge < -0.3 is 11.1 Å². The van der Waals surface area contributed by atoms with Crippen molar-refractivity contribution >= 4 is 5.96 Å². The van der Waals surface area contributed by atoms with E-state index in [4.69, 9.17) is 5.73 Å². The van der Waals surface area contributed by atoms with Crippen LogP contribution >= 0.6 is 0 Å². The Balaban J connectivity index is 2.31. The van der Waals surface area contributed by atoms with Crippen molar-refractivity contribution in [2.24, 2.45) is 16.6 Å². The summed E-state index contributed by atoms with van der Waals surface area (Å²) in [5.41, 5.74) is 5.57. The van der Waals surface area contributed by atoms with E-state index in [1.165, 1.54) is 0 Å². The van der Waals surface area contributed by atoms with E-state index < -0.39 is 5.92 Å². The molecular weight excluding hydrogens is 200 g/mol. The molecule has 15 heavy (non-hydrogen) atoms. The first kappa shape index (κ1) is 12.2. The molecule has 3 N–H and O–H groups in total. The SMILES string of the molecule is CC(C)NC(N)=NCC1CCC(F)(F)C1. The highest BCUT2D eigenvalue weighted by Gasteiger charge is 2.39. The third kappa shape index (κ3) is 4.44. The summed E-state index contributed by atoms with van der Waals surface area (Å²) in [6.07, 6.45) is 0.488. The molecule has 0 aromatic heterocycles. The molecule has 1 atom stereocenters. The molecule has 0 aromatic rings. The molecule has 1 unspecified atom stereocenters. The van der Waals surface area contributed by atoms with Gasteiger partial charge in [-0.05, 0) is 26.2 Å². The number of nitrogens with two attached hydrogens (primary N) is 1. The molecular formula is C10H19F2N3. The van der Waals surface area contributed by atoms with Gasteiger partial charge in [0, 0.05) is 25.4 Å². The summed E-state index contributed by atoms with van der Waals surface area (Å²) in [6.45, 7) is 4.30. The summed E-state index contributed by atoms with van der Waals surface area (Å²) in [5.74, 6) is -2.16. The summed E-state index contributed by atoms with van der Waals surface area (Å²) < 4.78 is 25.7. The van der Waals surface area contributed by atoms with Gasteiger partial charge in [0.2, 0.25) is 5.92 Å². The normalized spacial score (nSPS) is 25.9. The van der Waals surface area contributed by atoms with Crippen LogP contribution in [0.1, 0.15) is 33.1 Å². The zero-order chi connectivity index (χ0) is 11.5. The van der Waals surface area contributed by atoms with E-state index in [2.05, 4.69) is 10.3 Å². The molecule has 88 valence electrons. The fraction of sp³-hybridized carbons (Fsp3) is 0.900. The number of guanidine groups is 1. The van der Waals surface area contributed by atoms with Gasteiger partial charge in [-0.3, -0.25) is 4.99 Å². The standard InChI is InChI=1S/C10H19F2N3/c1-7(2)15-9(13)14-6-8-3-4-10(11,12)5-8/h7-8H,3-6H2,1-2H3,(H3,13,14,15).